The van der Waals surface area contributed by atoms with E-state index in [0.717, 1.165) is 12.0 Å². The average molecular weight is 275 g/mol. The van der Waals surface area contributed by atoms with E-state index in [4.69, 9.17) is 15.9 Å². The fourth-order valence-corrected chi connectivity index (χ4v) is 1.95. The molecule has 4 nitrogen and oxygen atoms in total. The van der Waals surface area contributed by atoms with E-state index in [1.54, 1.807) is 25.2 Å². The van der Waals surface area contributed by atoms with Gasteiger partial charge in [0.05, 0.1) is 27.2 Å². The number of carbonyl (C=O) groups excluding carboxylic acids is 1. The first-order valence-corrected chi connectivity index (χ1v) is 6.58. The van der Waals surface area contributed by atoms with Crippen molar-refractivity contribution >= 4 is 5.91 Å². The molecule has 0 aromatic heterocycles. The summed E-state index contributed by atoms with van der Waals surface area (Å²) in [5.74, 6) is 3.82. The van der Waals surface area contributed by atoms with Gasteiger partial charge in [0.25, 0.3) is 0 Å². The van der Waals surface area contributed by atoms with E-state index in [1.807, 2.05) is 19.1 Å². The first-order valence-electron chi connectivity index (χ1n) is 6.58. The van der Waals surface area contributed by atoms with Gasteiger partial charge in [-0.3, -0.25) is 4.79 Å². The fourth-order valence-electron chi connectivity index (χ4n) is 1.95. The molecule has 0 fully saturated rings. The third-order valence-corrected chi connectivity index (χ3v) is 2.93. The Morgan fingerprint density at radius 3 is 2.55 bits per heavy atom. The number of nitrogens with zero attached hydrogens (tertiary/aromatic N) is 1. The number of hydrogen-bond donors (Lipinski definition) is 0. The number of rotatable bonds is 7. The summed E-state index contributed by atoms with van der Waals surface area (Å²) in [4.78, 5) is 13.9. The van der Waals surface area contributed by atoms with Gasteiger partial charge in [0.1, 0.15) is 0 Å². The Labute approximate surface area is 120 Å². The molecule has 1 rings (SSSR count). The highest BCUT2D eigenvalue weighted by atomic mass is 16.5. The molecule has 0 spiro atoms. The van der Waals surface area contributed by atoms with E-state index in [-0.39, 0.29) is 5.91 Å². The van der Waals surface area contributed by atoms with Crippen molar-refractivity contribution in [2.45, 2.75) is 19.8 Å². The normalized spacial score (nSPS) is 9.70. The highest BCUT2D eigenvalue weighted by Gasteiger charge is 2.13. The third-order valence-electron chi connectivity index (χ3n) is 2.93. The lowest BCUT2D eigenvalue weighted by atomic mass is 10.1. The molecule has 0 unspecified atom stereocenters. The molecular weight excluding hydrogens is 254 g/mol. The molecule has 1 aromatic rings. The first-order chi connectivity index (χ1) is 9.65. The van der Waals surface area contributed by atoms with Crippen LogP contribution in [0.1, 0.15) is 18.9 Å². The van der Waals surface area contributed by atoms with E-state index in [9.17, 15) is 4.79 Å². The number of methoxy groups -OCH3 is 2. The Morgan fingerprint density at radius 1 is 1.30 bits per heavy atom. The Kier molecular flexibility index (Phi) is 6.45. The lowest BCUT2D eigenvalue weighted by Crippen LogP contribution is -2.33. The van der Waals surface area contributed by atoms with Crippen LogP contribution in [0.2, 0.25) is 0 Å². The minimum absolute atomic E-state index is 0.0250. The van der Waals surface area contributed by atoms with Crippen LogP contribution in [0, 0.1) is 12.3 Å². The molecule has 0 heterocycles. The van der Waals surface area contributed by atoms with E-state index in [0.29, 0.717) is 31.0 Å². The zero-order valence-electron chi connectivity index (χ0n) is 12.3. The highest BCUT2D eigenvalue weighted by Crippen LogP contribution is 2.27. The predicted molar refractivity (Wildman–Crippen MR) is 79.0 cm³/mol. The van der Waals surface area contributed by atoms with Crippen molar-refractivity contribution in [1.82, 2.24) is 4.90 Å². The van der Waals surface area contributed by atoms with Crippen LogP contribution < -0.4 is 9.47 Å². The molecule has 0 radical (unpaired) electrons. The molecule has 0 saturated heterocycles. The molecule has 0 aliphatic heterocycles. The van der Waals surface area contributed by atoms with Crippen LogP contribution in [0.25, 0.3) is 0 Å². The number of carbonyl (C=O) groups is 1. The molecule has 0 aliphatic carbocycles. The van der Waals surface area contributed by atoms with Crippen molar-refractivity contribution in [3.63, 3.8) is 0 Å². The molecule has 1 amide bonds. The van der Waals surface area contributed by atoms with E-state index in [1.165, 1.54) is 0 Å². The number of amides is 1. The Balaban J connectivity index is 2.81. The lowest BCUT2D eigenvalue weighted by Gasteiger charge is -2.19. The maximum absolute atomic E-state index is 12.2. The largest absolute Gasteiger partial charge is 0.493 e. The van der Waals surface area contributed by atoms with Crippen LogP contribution in [0.4, 0.5) is 0 Å². The summed E-state index contributed by atoms with van der Waals surface area (Å²) in [5, 5.41) is 0. The maximum atomic E-state index is 12.2. The van der Waals surface area contributed by atoms with Crippen molar-refractivity contribution in [3.8, 4) is 23.8 Å². The van der Waals surface area contributed by atoms with E-state index in [2.05, 4.69) is 5.92 Å². The minimum Gasteiger partial charge on any atom is -0.493 e. The van der Waals surface area contributed by atoms with Gasteiger partial charge in [0, 0.05) is 6.54 Å². The number of hydrogen-bond acceptors (Lipinski definition) is 3. The van der Waals surface area contributed by atoms with Gasteiger partial charge >= 0.3 is 0 Å². The molecule has 0 N–H and O–H groups in total. The van der Waals surface area contributed by atoms with Gasteiger partial charge in [0.15, 0.2) is 11.5 Å². The standard InChI is InChI=1S/C16H21NO3/c1-5-9-17(10-6-2)16(18)12-13-7-8-14(19-3)15(11-13)20-4/h1,7-8,11H,6,9-10,12H2,2-4H3. The second kappa shape index (κ2) is 8.11. The Morgan fingerprint density at radius 2 is 2.00 bits per heavy atom. The Hall–Kier alpha value is -2.15. The summed E-state index contributed by atoms with van der Waals surface area (Å²) < 4.78 is 10.4. The second-order valence-electron chi connectivity index (χ2n) is 4.39. The molecule has 4 heteroatoms. The summed E-state index contributed by atoms with van der Waals surface area (Å²) >= 11 is 0. The number of terminal acetylenes is 1. The topological polar surface area (TPSA) is 38.8 Å². The van der Waals surface area contributed by atoms with Gasteiger partial charge in [-0.15, -0.1) is 6.42 Å². The molecule has 0 atom stereocenters. The summed E-state index contributed by atoms with van der Waals surface area (Å²) in [6, 6.07) is 5.47. The maximum Gasteiger partial charge on any atom is 0.227 e. The van der Waals surface area contributed by atoms with Crippen molar-refractivity contribution in [1.29, 1.82) is 0 Å². The van der Waals surface area contributed by atoms with Crippen molar-refractivity contribution in [2.75, 3.05) is 27.3 Å². The zero-order valence-corrected chi connectivity index (χ0v) is 12.3. The van der Waals surface area contributed by atoms with Gasteiger partial charge in [-0.1, -0.05) is 18.9 Å². The summed E-state index contributed by atoms with van der Waals surface area (Å²) in [6.45, 7) is 3.05. The van der Waals surface area contributed by atoms with Crippen molar-refractivity contribution in [2.24, 2.45) is 0 Å². The average Bonchev–Trinajstić information content (AvgIpc) is 2.46. The number of benzene rings is 1. The smallest absolute Gasteiger partial charge is 0.227 e. The number of ether oxygens (including phenoxy) is 2. The summed E-state index contributed by atoms with van der Waals surface area (Å²) in [7, 11) is 3.16. The van der Waals surface area contributed by atoms with Gasteiger partial charge in [-0.05, 0) is 24.1 Å². The minimum atomic E-state index is 0.0250. The first kappa shape index (κ1) is 15.9. The van der Waals surface area contributed by atoms with Gasteiger partial charge in [-0.2, -0.15) is 0 Å². The molecule has 0 saturated carbocycles. The van der Waals surface area contributed by atoms with Crippen LogP contribution in [0.5, 0.6) is 11.5 Å². The quantitative estimate of drug-likeness (QED) is 0.715. The van der Waals surface area contributed by atoms with Gasteiger partial charge in [-0.25, -0.2) is 0 Å². The molecule has 20 heavy (non-hydrogen) atoms. The van der Waals surface area contributed by atoms with Gasteiger partial charge < -0.3 is 14.4 Å². The third kappa shape index (κ3) is 4.20. The Bertz CT molecular complexity index is 491. The fraction of sp³-hybridized carbons (Fsp3) is 0.438. The highest BCUT2D eigenvalue weighted by molar-refractivity contribution is 5.79. The SMILES string of the molecule is C#CCN(CCC)C(=O)Cc1ccc(OC)c(OC)c1. The van der Waals surface area contributed by atoms with Crippen LogP contribution in [0.3, 0.4) is 0 Å². The summed E-state index contributed by atoms with van der Waals surface area (Å²) in [6.07, 6.45) is 6.49. The molecule has 0 bridgehead atoms. The van der Waals surface area contributed by atoms with Crippen molar-refractivity contribution < 1.29 is 14.3 Å². The second-order valence-corrected chi connectivity index (χ2v) is 4.39. The van der Waals surface area contributed by atoms with Crippen LogP contribution in [-0.4, -0.2) is 38.1 Å². The van der Waals surface area contributed by atoms with Crippen LogP contribution in [0.15, 0.2) is 18.2 Å². The molecular formula is C16H21NO3. The van der Waals surface area contributed by atoms with Crippen LogP contribution in [-0.2, 0) is 11.2 Å². The van der Waals surface area contributed by atoms with E-state index < -0.39 is 0 Å². The lowest BCUT2D eigenvalue weighted by molar-refractivity contribution is -0.129. The van der Waals surface area contributed by atoms with E-state index >= 15 is 0 Å². The zero-order chi connectivity index (χ0) is 15.0. The predicted octanol–water partition coefficient (Wildman–Crippen LogP) is 2.12. The monoisotopic (exact) mass is 275 g/mol. The molecule has 108 valence electrons. The van der Waals surface area contributed by atoms with Crippen molar-refractivity contribution in [3.05, 3.63) is 23.8 Å². The van der Waals surface area contributed by atoms with Crippen LogP contribution >= 0.6 is 0 Å². The summed E-state index contributed by atoms with van der Waals surface area (Å²) in [5.41, 5.74) is 0.880. The molecule has 1 aromatic carbocycles. The van der Waals surface area contributed by atoms with Gasteiger partial charge in [0.2, 0.25) is 5.91 Å². The molecule has 0 aliphatic rings.